The summed E-state index contributed by atoms with van der Waals surface area (Å²) in [5.74, 6) is 0.548. The smallest absolute Gasteiger partial charge is 0.270 e. The van der Waals surface area contributed by atoms with E-state index in [1.165, 1.54) is 17.2 Å². The summed E-state index contributed by atoms with van der Waals surface area (Å²) in [6.07, 6.45) is 0. The lowest BCUT2D eigenvalue weighted by Gasteiger charge is -2.36. The quantitative estimate of drug-likeness (QED) is 0.373. The molecule has 0 N–H and O–H groups in total. The van der Waals surface area contributed by atoms with Crippen LogP contribution in [-0.4, -0.2) is 48.2 Å². The number of para-hydroxylation sites is 1. The number of aromatic nitrogens is 1. The number of nitrogens with zero attached hydrogens (tertiary/aromatic N) is 3. The van der Waals surface area contributed by atoms with E-state index in [9.17, 15) is 9.18 Å². The van der Waals surface area contributed by atoms with Gasteiger partial charge in [-0.05, 0) is 55.3 Å². The maximum Gasteiger partial charge on any atom is 0.270 e. The van der Waals surface area contributed by atoms with Crippen LogP contribution < -0.4 is 9.64 Å². The van der Waals surface area contributed by atoms with Gasteiger partial charge in [-0.3, -0.25) is 4.79 Å². The summed E-state index contributed by atoms with van der Waals surface area (Å²) in [4.78, 5) is 17.7. The first-order chi connectivity index (χ1) is 17.1. The Bertz CT molecular complexity index is 1360. The van der Waals surface area contributed by atoms with Gasteiger partial charge in [0.05, 0.1) is 17.8 Å². The Morgan fingerprint density at radius 1 is 0.943 bits per heavy atom. The number of piperazine rings is 1. The molecule has 1 amide bonds. The molecule has 180 valence electrons. The lowest BCUT2D eigenvalue weighted by atomic mass is 10.1. The summed E-state index contributed by atoms with van der Waals surface area (Å²) in [6, 6.07) is 23.0. The van der Waals surface area contributed by atoms with Crippen molar-refractivity contribution < 1.29 is 13.9 Å². The summed E-state index contributed by atoms with van der Waals surface area (Å²) in [5, 5.41) is 0.941. The predicted molar refractivity (Wildman–Crippen MR) is 138 cm³/mol. The largest absolute Gasteiger partial charge is 0.493 e. The molecule has 0 saturated carbocycles. The van der Waals surface area contributed by atoms with Crippen molar-refractivity contribution in [1.29, 1.82) is 0 Å². The van der Waals surface area contributed by atoms with Gasteiger partial charge in [-0.15, -0.1) is 0 Å². The Morgan fingerprint density at radius 2 is 1.69 bits per heavy atom. The molecule has 5 rings (SSSR count). The van der Waals surface area contributed by atoms with Gasteiger partial charge in [-0.25, -0.2) is 4.39 Å². The molecular weight excluding hydrogens is 441 g/mol. The number of carbonyl (C=O) groups excluding carboxylic acids is 1. The molecule has 5 nitrogen and oxygen atoms in total. The number of anilines is 1. The molecule has 35 heavy (non-hydrogen) atoms. The van der Waals surface area contributed by atoms with Gasteiger partial charge < -0.3 is 19.1 Å². The molecule has 3 aromatic carbocycles. The van der Waals surface area contributed by atoms with Gasteiger partial charge >= 0.3 is 0 Å². The van der Waals surface area contributed by atoms with E-state index in [-0.39, 0.29) is 11.7 Å². The number of amides is 1. The molecule has 0 radical (unpaired) electrons. The highest BCUT2D eigenvalue weighted by atomic mass is 19.1. The van der Waals surface area contributed by atoms with E-state index in [1.54, 1.807) is 12.1 Å². The van der Waals surface area contributed by atoms with E-state index >= 15 is 0 Å². The minimum absolute atomic E-state index is 0.00887. The Hall–Kier alpha value is -3.80. The molecule has 0 aliphatic carbocycles. The van der Waals surface area contributed by atoms with Crippen LogP contribution in [0, 0.1) is 12.7 Å². The maximum absolute atomic E-state index is 14.3. The minimum Gasteiger partial charge on any atom is -0.493 e. The average Bonchev–Trinajstić information content (AvgIpc) is 3.25. The predicted octanol–water partition coefficient (Wildman–Crippen LogP) is 5.50. The molecule has 4 aromatic rings. The van der Waals surface area contributed by atoms with E-state index in [0.29, 0.717) is 50.7 Å². The van der Waals surface area contributed by atoms with Crippen molar-refractivity contribution in [2.24, 2.45) is 0 Å². The standard InChI is InChI=1S/C29H30FN3O2/c1-3-35-28-14-8-13-25-23(28)19-27(33(25)20-22-10-5-4-9-21(22)2)29(34)32-17-15-31(16-18-32)26-12-7-6-11-24(26)30/h4-14,19H,3,15-18,20H2,1-2H3. The number of ether oxygens (including phenoxy) is 1. The lowest BCUT2D eigenvalue weighted by molar-refractivity contribution is 0.0736. The summed E-state index contributed by atoms with van der Waals surface area (Å²) < 4.78 is 22.3. The number of hydrogen-bond donors (Lipinski definition) is 0. The highest BCUT2D eigenvalue weighted by molar-refractivity contribution is 6.00. The normalized spacial score (nSPS) is 13.9. The number of carbonyl (C=O) groups is 1. The summed E-state index contributed by atoms with van der Waals surface area (Å²) in [7, 11) is 0. The Labute approximate surface area is 205 Å². The van der Waals surface area contributed by atoms with Crippen LogP contribution in [0.4, 0.5) is 10.1 Å². The van der Waals surface area contributed by atoms with Gasteiger partial charge in [0, 0.05) is 38.1 Å². The van der Waals surface area contributed by atoms with Crippen molar-refractivity contribution in [2.75, 3.05) is 37.7 Å². The third-order valence-corrected chi connectivity index (χ3v) is 6.77. The first kappa shape index (κ1) is 23.0. The third-order valence-electron chi connectivity index (χ3n) is 6.77. The third kappa shape index (κ3) is 4.48. The number of benzene rings is 3. The first-order valence-electron chi connectivity index (χ1n) is 12.1. The molecule has 1 aromatic heterocycles. The number of aryl methyl sites for hydroxylation is 1. The lowest BCUT2D eigenvalue weighted by Crippen LogP contribution is -2.49. The molecule has 0 bridgehead atoms. The van der Waals surface area contributed by atoms with Crippen molar-refractivity contribution in [3.8, 4) is 5.75 Å². The fourth-order valence-electron chi connectivity index (χ4n) is 4.86. The van der Waals surface area contributed by atoms with E-state index in [0.717, 1.165) is 16.7 Å². The van der Waals surface area contributed by atoms with Crippen molar-refractivity contribution in [3.05, 3.63) is 95.4 Å². The van der Waals surface area contributed by atoms with Crippen LogP contribution in [0.2, 0.25) is 0 Å². The highest BCUT2D eigenvalue weighted by Crippen LogP contribution is 2.31. The van der Waals surface area contributed by atoms with Crippen LogP contribution >= 0.6 is 0 Å². The van der Waals surface area contributed by atoms with E-state index in [1.807, 2.05) is 59.2 Å². The summed E-state index contributed by atoms with van der Waals surface area (Å²) >= 11 is 0. The molecule has 2 heterocycles. The zero-order chi connectivity index (χ0) is 24.4. The van der Waals surface area contributed by atoms with Crippen molar-refractivity contribution in [2.45, 2.75) is 20.4 Å². The Morgan fingerprint density at radius 3 is 2.43 bits per heavy atom. The Kier molecular flexibility index (Phi) is 6.45. The monoisotopic (exact) mass is 471 g/mol. The zero-order valence-electron chi connectivity index (χ0n) is 20.2. The van der Waals surface area contributed by atoms with Crippen LogP contribution in [0.3, 0.4) is 0 Å². The van der Waals surface area contributed by atoms with Gasteiger partial charge in [0.1, 0.15) is 17.3 Å². The molecule has 0 atom stereocenters. The van der Waals surface area contributed by atoms with Crippen LogP contribution in [0.25, 0.3) is 10.9 Å². The average molecular weight is 472 g/mol. The first-order valence-corrected chi connectivity index (χ1v) is 12.1. The van der Waals surface area contributed by atoms with E-state index in [2.05, 4.69) is 23.6 Å². The highest BCUT2D eigenvalue weighted by Gasteiger charge is 2.27. The van der Waals surface area contributed by atoms with Crippen LogP contribution in [-0.2, 0) is 6.54 Å². The summed E-state index contributed by atoms with van der Waals surface area (Å²) in [6.45, 7) is 7.48. The molecule has 0 spiro atoms. The van der Waals surface area contributed by atoms with Gasteiger partial charge in [0.25, 0.3) is 5.91 Å². The number of halogens is 1. The molecule has 0 unspecified atom stereocenters. The molecule has 6 heteroatoms. The SMILES string of the molecule is CCOc1cccc2c1cc(C(=O)N1CCN(c3ccccc3F)CC1)n2Cc1ccccc1C. The number of fused-ring (bicyclic) bond motifs is 1. The second-order valence-electron chi connectivity index (χ2n) is 8.89. The number of rotatable bonds is 6. The molecule has 1 fully saturated rings. The van der Waals surface area contributed by atoms with Crippen molar-refractivity contribution >= 4 is 22.5 Å². The van der Waals surface area contributed by atoms with E-state index < -0.39 is 0 Å². The fourth-order valence-corrected chi connectivity index (χ4v) is 4.86. The van der Waals surface area contributed by atoms with Gasteiger partial charge in [-0.1, -0.05) is 42.5 Å². The van der Waals surface area contributed by atoms with Gasteiger partial charge in [-0.2, -0.15) is 0 Å². The fraction of sp³-hybridized carbons (Fsp3) is 0.276. The Balaban J connectivity index is 1.47. The maximum atomic E-state index is 14.3. The van der Waals surface area contributed by atoms with Crippen LogP contribution in [0.5, 0.6) is 5.75 Å². The molecular formula is C29H30FN3O2. The zero-order valence-corrected chi connectivity index (χ0v) is 20.2. The second-order valence-corrected chi connectivity index (χ2v) is 8.89. The molecule has 1 saturated heterocycles. The molecule has 1 aliphatic rings. The summed E-state index contributed by atoms with van der Waals surface area (Å²) in [5.41, 5.74) is 4.58. The van der Waals surface area contributed by atoms with Crippen molar-refractivity contribution in [1.82, 2.24) is 9.47 Å². The number of hydrogen-bond acceptors (Lipinski definition) is 3. The van der Waals surface area contributed by atoms with E-state index in [4.69, 9.17) is 4.74 Å². The van der Waals surface area contributed by atoms with Crippen LogP contribution in [0.15, 0.2) is 72.8 Å². The van der Waals surface area contributed by atoms with Gasteiger partial charge in [0.15, 0.2) is 0 Å². The van der Waals surface area contributed by atoms with Crippen LogP contribution in [0.1, 0.15) is 28.5 Å². The molecule has 1 aliphatic heterocycles. The van der Waals surface area contributed by atoms with Crippen molar-refractivity contribution in [3.63, 3.8) is 0 Å². The second kappa shape index (κ2) is 9.82. The minimum atomic E-state index is -0.228. The van der Waals surface area contributed by atoms with Gasteiger partial charge in [0.2, 0.25) is 0 Å². The topological polar surface area (TPSA) is 37.7 Å².